The Morgan fingerprint density at radius 1 is 1.20 bits per heavy atom. The molecule has 0 aromatic heterocycles. The fraction of sp³-hybridized carbons (Fsp3) is 0.455. The second-order valence-corrected chi connectivity index (χ2v) is 7.83. The van der Waals surface area contributed by atoms with E-state index >= 15 is 0 Å². The zero-order chi connectivity index (χ0) is 17.9. The average Bonchev–Trinajstić information content (AvgIpc) is 2.59. The van der Waals surface area contributed by atoms with Crippen LogP contribution in [-0.2, 0) is 11.8 Å². The van der Waals surface area contributed by atoms with E-state index in [4.69, 9.17) is 5.73 Å². The molecule has 0 saturated carbocycles. The van der Waals surface area contributed by atoms with Gasteiger partial charge >= 0.3 is 0 Å². The molecule has 1 saturated heterocycles. The average molecular weight is 338 g/mol. The molecule has 0 amide bonds. The molecule has 1 fully saturated rings. The summed E-state index contributed by atoms with van der Waals surface area (Å²) in [6.07, 6.45) is 2.02. The summed E-state index contributed by atoms with van der Waals surface area (Å²) in [5.41, 5.74) is 9.07. The number of hydrogen-bond acceptors (Lipinski definition) is 3. The fourth-order valence-corrected chi connectivity index (χ4v) is 4.09. The van der Waals surface area contributed by atoms with Crippen molar-refractivity contribution in [1.82, 2.24) is 4.90 Å². The Labute approximate surface area is 151 Å². The summed E-state index contributed by atoms with van der Waals surface area (Å²) < 4.78 is 0. The standard InChI is InChI=1S/C22H30N2O/c1-17-15-24(16-20(23)13-18-7-4-3-5-8-18)12-11-22(17,2)19-9-6-10-21(25)14-19/h3-10,14,17,20,25H,11-13,15-16,23H2,1-2H3/t17-,20-,22+/m1/s1. The smallest absolute Gasteiger partial charge is 0.115 e. The van der Waals surface area contributed by atoms with E-state index in [-0.39, 0.29) is 11.5 Å². The van der Waals surface area contributed by atoms with E-state index in [1.807, 2.05) is 18.2 Å². The van der Waals surface area contributed by atoms with Crippen LogP contribution in [0.25, 0.3) is 0 Å². The van der Waals surface area contributed by atoms with Gasteiger partial charge in [-0.15, -0.1) is 0 Å². The summed E-state index contributed by atoms with van der Waals surface area (Å²) in [6, 6.07) is 18.4. The van der Waals surface area contributed by atoms with E-state index in [9.17, 15) is 5.11 Å². The molecule has 25 heavy (non-hydrogen) atoms. The molecular weight excluding hydrogens is 308 g/mol. The van der Waals surface area contributed by atoms with Crippen LogP contribution in [0.15, 0.2) is 54.6 Å². The maximum atomic E-state index is 9.83. The first-order valence-corrected chi connectivity index (χ1v) is 9.29. The van der Waals surface area contributed by atoms with Crippen molar-refractivity contribution in [3.05, 3.63) is 65.7 Å². The molecule has 0 radical (unpaired) electrons. The normalized spacial score (nSPS) is 25.6. The Hall–Kier alpha value is -1.84. The van der Waals surface area contributed by atoms with Gasteiger partial charge in [-0.05, 0) is 54.0 Å². The van der Waals surface area contributed by atoms with Crippen LogP contribution in [-0.4, -0.2) is 35.7 Å². The predicted octanol–water partition coefficient (Wildman–Crippen LogP) is 3.56. The highest BCUT2D eigenvalue weighted by Gasteiger charge is 2.38. The lowest BCUT2D eigenvalue weighted by atomic mass is 9.68. The molecule has 1 heterocycles. The molecule has 2 aromatic carbocycles. The number of rotatable bonds is 5. The van der Waals surface area contributed by atoms with Gasteiger partial charge in [0.2, 0.25) is 0 Å². The van der Waals surface area contributed by atoms with Crippen molar-refractivity contribution in [2.75, 3.05) is 19.6 Å². The number of phenolic OH excluding ortho intramolecular Hbond substituents is 1. The van der Waals surface area contributed by atoms with E-state index in [1.165, 1.54) is 11.1 Å². The van der Waals surface area contributed by atoms with Gasteiger partial charge in [-0.25, -0.2) is 0 Å². The summed E-state index contributed by atoms with van der Waals surface area (Å²) in [7, 11) is 0. The molecule has 0 spiro atoms. The number of phenols is 1. The van der Waals surface area contributed by atoms with Gasteiger partial charge in [0.1, 0.15) is 5.75 Å². The quantitative estimate of drug-likeness (QED) is 0.876. The SMILES string of the molecule is C[C@@H]1CN(C[C@H](N)Cc2ccccc2)CC[C@]1(C)c1cccc(O)c1. The first kappa shape index (κ1) is 18.0. The van der Waals surface area contributed by atoms with Gasteiger partial charge in [0.05, 0.1) is 0 Å². The van der Waals surface area contributed by atoms with Crippen LogP contribution < -0.4 is 5.73 Å². The highest BCUT2D eigenvalue weighted by atomic mass is 16.3. The maximum absolute atomic E-state index is 9.83. The lowest BCUT2D eigenvalue weighted by Gasteiger charge is -2.45. The van der Waals surface area contributed by atoms with Gasteiger partial charge < -0.3 is 15.7 Å². The van der Waals surface area contributed by atoms with Crippen LogP contribution >= 0.6 is 0 Å². The minimum atomic E-state index is 0.110. The molecule has 1 aliphatic rings. The predicted molar refractivity (Wildman–Crippen MR) is 104 cm³/mol. The number of likely N-dealkylation sites (tertiary alicyclic amines) is 1. The first-order valence-electron chi connectivity index (χ1n) is 9.29. The van der Waals surface area contributed by atoms with Crippen LogP contribution in [0.3, 0.4) is 0 Å². The van der Waals surface area contributed by atoms with E-state index < -0.39 is 0 Å². The zero-order valence-corrected chi connectivity index (χ0v) is 15.4. The number of hydrogen-bond donors (Lipinski definition) is 2. The lowest BCUT2D eigenvalue weighted by molar-refractivity contribution is 0.106. The molecule has 3 N–H and O–H groups in total. The maximum Gasteiger partial charge on any atom is 0.115 e. The van der Waals surface area contributed by atoms with Gasteiger partial charge in [0.15, 0.2) is 0 Å². The molecule has 3 rings (SSSR count). The Balaban J connectivity index is 1.60. The van der Waals surface area contributed by atoms with E-state index in [0.29, 0.717) is 11.7 Å². The van der Waals surface area contributed by atoms with E-state index in [2.05, 4.69) is 49.1 Å². The highest BCUT2D eigenvalue weighted by molar-refractivity contribution is 5.33. The van der Waals surface area contributed by atoms with Gasteiger partial charge in [-0.3, -0.25) is 0 Å². The molecule has 0 aliphatic carbocycles. The van der Waals surface area contributed by atoms with Crippen molar-refractivity contribution >= 4 is 0 Å². The van der Waals surface area contributed by atoms with Crippen LogP contribution in [0.1, 0.15) is 31.4 Å². The molecule has 3 atom stereocenters. The molecular formula is C22H30N2O. The summed E-state index contributed by atoms with van der Waals surface area (Å²) in [5, 5.41) is 9.83. The number of piperidine rings is 1. The van der Waals surface area contributed by atoms with Crippen molar-refractivity contribution < 1.29 is 5.11 Å². The Kier molecular flexibility index (Phi) is 5.45. The molecule has 2 aromatic rings. The van der Waals surface area contributed by atoms with Gasteiger partial charge in [-0.2, -0.15) is 0 Å². The molecule has 3 nitrogen and oxygen atoms in total. The molecule has 0 bridgehead atoms. The number of aromatic hydroxyl groups is 1. The molecule has 1 aliphatic heterocycles. The van der Waals surface area contributed by atoms with Crippen molar-refractivity contribution in [3.63, 3.8) is 0 Å². The summed E-state index contributed by atoms with van der Waals surface area (Å²) in [6.45, 7) is 7.69. The third-order valence-electron chi connectivity index (χ3n) is 5.91. The van der Waals surface area contributed by atoms with Crippen molar-refractivity contribution in [1.29, 1.82) is 0 Å². The van der Waals surface area contributed by atoms with Crippen LogP contribution in [0.4, 0.5) is 0 Å². The van der Waals surface area contributed by atoms with Crippen LogP contribution in [0, 0.1) is 5.92 Å². The molecule has 0 unspecified atom stereocenters. The lowest BCUT2D eigenvalue weighted by Crippen LogP contribution is -2.50. The van der Waals surface area contributed by atoms with E-state index in [0.717, 1.165) is 32.5 Å². The summed E-state index contributed by atoms with van der Waals surface area (Å²) >= 11 is 0. The summed E-state index contributed by atoms with van der Waals surface area (Å²) in [4.78, 5) is 2.50. The van der Waals surface area contributed by atoms with Gasteiger partial charge in [0.25, 0.3) is 0 Å². The number of nitrogens with two attached hydrogens (primary N) is 1. The number of benzene rings is 2. The van der Waals surface area contributed by atoms with Gasteiger partial charge in [-0.1, -0.05) is 56.3 Å². The Morgan fingerprint density at radius 2 is 1.96 bits per heavy atom. The monoisotopic (exact) mass is 338 g/mol. The molecule has 134 valence electrons. The Bertz CT molecular complexity index is 687. The number of nitrogens with zero attached hydrogens (tertiary/aromatic N) is 1. The first-order chi connectivity index (χ1) is 12.0. The second-order valence-electron chi connectivity index (χ2n) is 7.83. The summed E-state index contributed by atoms with van der Waals surface area (Å²) in [5.74, 6) is 0.880. The second kappa shape index (κ2) is 7.59. The van der Waals surface area contributed by atoms with Crippen molar-refractivity contribution in [2.45, 2.75) is 38.1 Å². The molecule has 3 heteroatoms. The highest BCUT2D eigenvalue weighted by Crippen LogP contribution is 2.40. The van der Waals surface area contributed by atoms with Crippen molar-refractivity contribution in [3.8, 4) is 5.75 Å². The fourth-order valence-electron chi connectivity index (χ4n) is 4.09. The zero-order valence-electron chi connectivity index (χ0n) is 15.4. The minimum Gasteiger partial charge on any atom is -0.508 e. The van der Waals surface area contributed by atoms with Crippen LogP contribution in [0.5, 0.6) is 5.75 Å². The van der Waals surface area contributed by atoms with Crippen LogP contribution in [0.2, 0.25) is 0 Å². The minimum absolute atomic E-state index is 0.110. The van der Waals surface area contributed by atoms with Gasteiger partial charge in [0, 0.05) is 19.1 Å². The Morgan fingerprint density at radius 3 is 2.64 bits per heavy atom. The topological polar surface area (TPSA) is 49.5 Å². The third kappa shape index (κ3) is 4.23. The third-order valence-corrected chi connectivity index (χ3v) is 5.91. The largest absolute Gasteiger partial charge is 0.508 e. The van der Waals surface area contributed by atoms with E-state index in [1.54, 1.807) is 6.07 Å². The van der Waals surface area contributed by atoms with Crippen molar-refractivity contribution in [2.24, 2.45) is 11.7 Å².